The first-order valence-corrected chi connectivity index (χ1v) is 10.6. The molecule has 0 spiro atoms. The highest BCUT2D eigenvalue weighted by atomic mass is 35.5. The van der Waals surface area contributed by atoms with E-state index < -0.39 is 0 Å². The summed E-state index contributed by atoms with van der Waals surface area (Å²) in [5, 5.41) is 6.48. The van der Waals surface area contributed by atoms with Crippen LogP contribution in [0, 0.1) is 5.92 Å². The fourth-order valence-electron chi connectivity index (χ4n) is 3.09. The van der Waals surface area contributed by atoms with Gasteiger partial charge in [-0.1, -0.05) is 56.5 Å². The van der Waals surface area contributed by atoms with Crippen LogP contribution in [0.15, 0.2) is 54.6 Å². The van der Waals surface area contributed by atoms with Crippen molar-refractivity contribution in [3.05, 3.63) is 59.6 Å². The molecule has 2 aromatic rings. The maximum Gasteiger partial charge on any atom is 0.326 e. The Kier molecular flexibility index (Phi) is 9.51. The molecule has 29 heavy (non-hydrogen) atoms. The second-order valence-corrected chi connectivity index (χ2v) is 7.40. The van der Waals surface area contributed by atoms with Crippen LogP contribution in [0.3, 0.4) is 0 Å². The number of carbonyl (C=O) groups excluding carboxylic acids is 2. The quantitative estimate of drug-likeness (QED) is 0.522. The van der Waals surface area contributed by atoms with Gasteiger partial charge in [-0.25, -0.2) is 4.79 Å². The molecule has 0 saturated carbocycles. The Hall–Kier alpha value is -2.53. The number of para-hydroxylation sites is 1. The third-order valence-electron chi connectivity index (χ3n) is 4.81. The number of hydrogen-bond acceptors (Lipinski definition) is 2. The molecule has 3 amide bonds. The summed E-state index contributed by atoms with van der Waals surface area (Å²) in [6, 6.07) is 16.1. The largest absolute Gasteiger partial charge is 0.354 e. The highest BCUT2D eigenvalue weighted by Gasteiger charge is 2.18. The zero-order chi connectivity index (χ0) is 21.1. The lowest BCUT2D eigenvalue weighted by Gasteiger charge is -2.24. The van der Waals surface area contributed by atoms with E-state index in [-0.39, 0.29) is 17.9 Å². The van der Waals surface area contributed by atoms with Crippen LogP contribution in [-0.2, 0) is 4.79 Å². The lowest BCUT2D eigenvalue weighted by atomic mass is 9.98. The van der Waals surface area contributed by atoms with E-state index in [1.165, 1.54) is 0 Å². The molecular weight excluding hydrogens is 386 g/mol. The summed E-state index contributed by atoms with van der Waals surface area (Å²) in [5.41, 5.74) is 1.43. The molecule has 156 valence electrons. The maximum atomic E-state index is 12.9. The molecule has 6 heteroatoms. The molecule has 0 radical (unpaired) electrons. The number of nitrogens with zero attached hydrogens (tertiary/aromatic N) is 1. The van der Waals surface area contributed by atoms with E-state index in [1.54, 1.807) is 29.2 Å². The van der Waals surface area contributed by atoms with Gasteiger partial charge in [-0.3, -0.25) is 9.69 Å². The van der Waals surface area contributed by atoms with Gasteiger partial charge in [-0.05, 0) is 49.2 Å². The molecule has 0 bridgehead atoms. The van der Waals surface area contributed by atoms with Crippen LogP contribution >= 0.6 is 11.6 Å². The normalized spacial score (nSPS) is 11.6. The SMILES string of the molecule is CCCCC(CC)C(=O)NCCN(C(=O)Nc1ccc(Cl)cc1)c1ccccc1. The van der Waals surface area contributed by atoms with Gasteiger partial charge in [-0.15, -0.1) is 0 Å². The second kappa shape index (κ2) is 12.1. The lowest BCUT2D eigenvalue weighted by molar-refractivity contribution is -0.125. The van der Waals surface area contributed by atoms with Gasteiger partial charge in [0, 0.05) is 35.4 Å². The van der Waals surface area contributed by atoms with E-state index in [0.29, 0.717) is 23.8 Å². The van der Waals surface area contributed by atoms with Gasteiger partial charge in [0.1, 0.15) is 0 Å². The Balaban J connectivity index is 2.00. The average Bonchev–Trinajstić information content (AvgIpc) is 2.74. The summed E-state index contributed by atoms with van der Waals surface area (Å²) in [6.07, 6.45) is 3.85. The molecule has 0 aliphatic rings. The van der Waals surface area contributed by atoms with Gasteiger partial charge >= 0.3 is 6.03 Å². The molecule has 0 aliphatic heterocycles. The summed E-state index contributed by atoms with van der Waals surface area (Å²) in [5.74, 6) is 0.0927. The highest BCUT2D eigenvalue weighted by Crippen LogP contribution is 2.18. The number of anilines is 2. The van der Waals surface area contributed by atoms with Crippen molar-refractivity contribution < 1.29 is 9.59 Å². The van der Waals surface area contributed by atoms with Gasteiger partial charge in [-0.2, -0.15) is 0 Å². The van der Waals surface area contributed by atoms with Crippen molar-refractivity contribution in [3.63, 3.8) is 0 Å². The Morgan fingerprint density at radius 2 is 1.72 bits per heavy atom. The van der Waals surface area contributed by atoms with Crippen molar-refractivity contribution in [1.82, 2.24) is 5.32 Å². The number of amides is 3. The Morgan fingerprint density at radius 1 is 1.03 bits per heavy atom. The molecule has 0 saturated heterocycles. The van der Waals surface area contributed by atoms with E-state index in [2.05, 4.69) is 17.6 Å². The molecule has 0 aliphatic carbocycles. The molecule has 5 nitrogen and oxygen atoms in total. The van der Waals surface area contributed by atoms with Crippen molar-refractivity contribution in [1.29, 1.82) is 0 Å². The average molecular weight is 416 g/mol. The first-order valence-electron chi connectivity index (χ1n) is 10.2. The van der Waals surface area contributed by atoms with Crippen molar-refractivity contribution in [2.75, 3.05) is 23.3 Å². The number of halogens is 1. The van der Waals surface area contributed by atoms with Crippen molar-refractivity contribution >= 4 is 34.9 Å². The van der Waals surface area contributed by atoms with Crippen molar-refractivity contribution in [3.8, 4) is 0 Å². The number of carbonyl (C=O) groups is 2. The molecule has 0 aromatic heterocycles. The number of unbranched alkanes of at least 4 members (excludes halogenated alkanes) is 1. The first kappa shape index (κ1) is 22.8. The van der Waals surface area contributed by atoms with Crippen molar-refractivity contribution in [2.45, 2.75) is 39.5 Å². The molecule has 2 N–H and O–H groups in total. The number of nitrogens with one attached hydrogen (secondary N) is 2. The van der Waals surface area contributed by atoms with Crippen molar-refractivity contribution in [2.24, 2.45) is 5.92 Å². The number of rotatable bonds is 10. The molecular formula is C23H30ClN3O2. The second-order valence-electron chi connectivity index (χ2n) is 6.96. The fourth-order valence-corrected chi connectivity index (χ4v) is 3.21. The number of hydrogen-bond donors (Lipinski definition) is 2. The molecule has 0 heterocycles. The van der Waals surface area contributed by atoms with E-state index in [1.807, 2.05) is 37.3 Å². The molecule has 2 aromatic carbocycles. The summed E-state index contributed by atoms with van der Waals surface area (Å²) < 4.78 is 0. The molecule has 1 unspecified atom stereocenters. The minimum atomic E-state index is -0.259. The van der Waals surface area contributed by atoms with Crippen LogP contribution in [-0.4, -0.2) is 25.0 Å². The highest BCUT2D eigenvalue weighted by molar-refractivity contribution is 6.30. The Morgan fingerprint density at radius 3 is 2.34 bits per heavy atom. The van der Waals surface area contributed by atoms with Crippen LogP contribution in [0.5, 0.6) is 0 Å². The topological polar surface area (TPSA) is 61.4 Å². The summed E-state index contributed by atoms with van der Waals surface area (Å²) in [6.45, 7) is 4.93. The molecule has 2 rings (SSSR count). The fraction of sp³-hybridized carbons (Fsp3) is 0.391. The smallest absolute Gasteiger partial charge is 0.326 e. The molecule has 0 fully saturated rings. The van der Waals surface area contributed by atoms with Crippen LogP contribution < -0.4 is 15.5 Å². The van der Waals surface area contributed by atoms with E-state index in [4.69, 9.17) is 11.6 Å². The van der Waals surface area contributed by atoms with Gasteiger partial charge in [0.15, 0.2) is 0 Å². The minimum absolute atomic E-state index is 0.0306. The summed E-state index contributed by atoms with van der Waals surface area (Å²) >= 11 is 5.91. The van der Waals surface area contributed by atoms with Crippen LogP contribution in [0.2, 0.25) is 5.02 Å². The number of urea groups is 1. The van der Waals surface area contributed by atoms with E-state index in [0.717, 1.165) is 31.4 Å². The van der Waals surface area contributed by atoms with Crippen LogP contribution in [0.1, 0.15) is 39.5 Å². The van der Waals surface area contributed by atoms with E-state index >= 15 is 0 Å². The van der Waals surface area contributed by atoms with Gasteiger partial charge in [0.05, 0.1) is 0 Å². The van der Waals surface area contributed by atoms with Gasteiger partial charge < -0.3 is 10.6 Å². The maximum absolute atomic E-state index is 12.9. The third kappa shape index (κ3) is 7.42. The molecule has 1 atom stereocenters. The number of benzene rings is 2. The summed E-state index contributed by atoms with van der Waals surface area (Å²) in [7, 11) is 0. The van der Waals surface area contributed by atoms with Crippen LogP contribution in [0.4, 0.5) is 16.2 Å². The zero-order valence-electron chi connectivity index (χ0n) is 17.2. The lowest BCUT2D eigenvalue weighted by Crippen LogP contribution is -2.42. The predicted octanol–water partition coefficient (Wildman–Crippen LogP) is 5.71. The zero-order valence-corrected chi connectivity index (χ0v) is 17.9. The standard InChI is InChI=1S/C23H30ClN3O2/c1-3-5-9-18(4-2)22(28)25-16-17-27(21-10-7-6-8-11-21)23(29)26-20-14-12-19(24)13-15-20/h6-8,10-15,18H,3-5,9,16-17H2,1-2H3,(H,25,28)(H,26,29). The van der Waals surface area contributed by atoms with E-state index in [9.17, 15) is 9.59 Å². The Labute approximate surface area is 178 Å². The first-order chi connectivity index (χ1) is 14.0. The monoisotopic (exact) mass is 415 g/mol. The van der Waals surface area contributed by atoms with Gasteiger partial charge in [0.25, 0.3) is 0 Å². The third-order valence-corrected chi connectivity index (χ3v) is 5.06. The summed E-state index contributed by atoms with van der Waals surface area (Å²) in [4.78, 5) is 26.9. The minimum Gasteiger partial charge on any atom is -0.354 e. The van der Waals surface area contributed by atoms with Gasteiger partial charge in [0.2, 0.25) is 5.91 Å². The predicted molar refractivity (Wildman–Crippen MR) is 121 cm³/mol. The van der Waals surface area contributed by atoms with Crippen LogP contribution in [0.25, 0.3) is 0 Å². The Bertz CT molecular complexity index is 765.